The van der Waals surface area contributed by atoms with Crippen molar-refractivity contribution in [1.82, 2.24) is 0 Å². The van der Waals surface area contributed by atoms with Gasteiger partial charge in [0.1, 0.15) is 0 Å². The number of para-hydroxylation sites is 2. The molecule has 1 fully saturated rings. The van der Waals surface area contributed by atoms with Gasteiger partial charge in [0.05, 0.1) is 0 Å². The molecule has 2 heteroatoms. The summed E-state index contributed by atoms with van der Waals surface area (Å²) in [5, 5.41) is 0. The predicted molar refractivity (Wildman–Crippen MR) is 99.4 cm³/mol. The average Bonchev–Trinajstić information content (AvgIpc) is 2.95. The van der Waals surface area contributed by atoms with Crippen LogP contribution in [0.15, 0.2) is 48.5 Å². The van der Waals surface area contributed by atoms with Crippen molar-refractivity contribution >= 4 is 11.4 Å². The van der Waals surface area contributed by atoms with Gasteiger partial charge in [0, 0.05) is 23.5 Å². The maximum atomic E-state index is 6.18. The van der Waals surface area contributed by atoms with Crippen LogP contribution >= 0.6 is 0 Å². The minimum absolute atomic E-state index is 0.359. The van der Waals surface area contributed by atoms with Crippen LogP contribution in [0.2, 0.25) is 0 Å². The lowest BCUT2D eigenvalue weighted by Crippen LogP contribution is -2.31. The first kappa shape index (κ1) is 16.1. The smallest absolute Gasteiger partial charge is 0.0446 e. The van der Waals surface area contributed by atoms with E-state index >= 15 is 0 Å². The Labute approximate surface area is 140 Å². The lowest BCUT2D eigenvalue weighted by atomic mass is 10.0. The molecule has 0 amide bonds. The molecule has 1 aliphatic carbocycles. The predicted octanol–water partition coefficient (Wildman–Crippen LogP) is 4.83. The Bertz CT molecular complexity index is 602. The molecule has 0 saturated heterocycles. The van der Waals surface area contributed by atoms with E-state index < -0.39 is 0 Å². The Hall–Kier alpha value is -1.80. The fraction of sp³-hybridized carbons (Fsp3) is 0.429. The van der Waals surface area contributed by atoms with Crippen molar-refractivity contribution in [2.45, 2.75) is 58.0 Å². The molecule has 2 unspecified atom stereocenters. The molecule has 2 N–H and O–H groups in total. The molecule has 2 aromatic rings. The van der Waals surface area contributed by atoms with E-state index in [9.17, 15) is 0 Å². The molecule has 23 heavy (non-hydrogen) atoms. The van der Waals surface area contributed by atoms with Crippen molar-refractivity contribution in [2.24, 2.45) is 5.73 Å². The van der Waals surface area contributed by atoms with E-state index in [1.807, 2.05) is 13.8 Å². The van der Waals surface area contributed by atoms with Gasteiger partial charge in [0.15, 0.2) is 0 Å². The Morgan fingerprint density at radius 3 is 1.83 bits per heavy atom. The van der Waals surface area contributed by atoms with E-state index in [0.29, 0.717) is 12.1 Å². The van der Waals surface area contributed by atoms with E-state index in [-0.39, 0.29) is 0 Å². The molecule has 0 bridgehead atoms. The maximum absolute atomic E-state index is 6.18. The Morgan fingerprint density at radius 2 is 1.35 bits per heavy atom. The van der Waals surface area contributed by atoms with Gasteiger partial charge in [-0.05, 0) is 55.4 Å². The minimum atomic E-state index is 0.359. The van der Waals surface area contributed by atoms with Gasteiger partial charge in [0.25, 0.3) is 0 Å². The Morgan fingerprint density at radius 1 is 0.826 bits per heavy atom. The fourth-order valence-corrected chi connectivity index (χ4v) is 3.93. The summed E-state index contributed by atoms with van der Waals surface area (Å²) < 4.78 is 0. The van der Waals surface area contributed by atoms with Crippen LogP contribution in [0.1, 0.15) is 44.2 Å². The van der Waals surface area contributed by atoms with E-state index in [0.717, 1.165) is 25.7 Å². The Balaban J connectivity index is 0.000000753. The largest absolute Gasteiger partial charge is 0.338 e. The van der Waals surface area contributed by atoms with Crippen LogP contribution in [-0.4, -0.2) is 12.1 Å². The first-order chi connectivity index (χ1) is 11.3. The van der Waals surface area contributed by atoms with Crippen molar-refractivity contribution in [3.63, 3.8) is 0 Å². The number of nitrogens with two attached hydrogens (primary N) is 1. The molecule has 2 aromatic carbocycles. The van der Waals surface area contributed by atoms with E-state index in [2.05, 4.69) is 53.4 Å². The van der Waals surface area contributed by atoms with Gasteiger partial charge < -0.3 is 10.6 Å². The second-order valence-corrected chi connectivity index (χ2v) is 6.35. The van der Waals surface area contributed by atoms with Crippen molar-refractivity contribution in [3.05, 3.63) is 59.7 Å². The quantitative estimate of drug-likeness (QED) is 0.817. The molecule has 1 saturated carbocycles. The maximum Gasteiger partial charge on any atom is 0.0446 e. The van der Waals surface area contributed by atoms with Gasteiger partial charge in [-0.25, -0.2) is 0 Å². The second kappa shape index (κ2) is 7.18. The van der Waals surface area contributed by atoms with Crippen molar-refractivity contribution in [2.75, 3.05) is 4.90 Å². The summed E-state index contributed by atoms with van der Waals surface area (Å²) in [5.41, 5.74) is 11.9. The van der Waals surface area contributed by atoms with Crippen LogP contribution in [0.4, 0.5) is 11.4 Å². The summed E-state index contributed by atoms with van der Waals surface area (Å²) in [5.74, 6) is 0. The monoisotopic (exact) mass is 308 g/mol. The van der Waals surface area contributed by atoms with Crippen LogP contribution in [-0.2, 0) is 12.8 Å². The molecule has 0 radical (unpaired) electrons. The first-order valence-electron chi connectivity index (χ1n) is 9.03. The van der Waals surface area contributed by atoms with Crippen LogP contribution in [0, 0.1) is 0 Å². The lowest BCUT2D eigenvalue weighted by Gasteiger charge is -2.33. The molecular formula is C21H28N2. The number of hydrogen-bond donors (Lipinski definition) is 1. The highest BCUT2D eigenvalue weighted by atomic mass is 15.2. The normalized spacial score (nSPS) is 22.5. The van der Waals surface area contributed by atoms with E-state index in [1.54, 1.807) is 0 Å². The van der Waals surface area contributed by atoms with Gasteiger partial charge in [-0.1, -0.05) is 50.2 Å². The molecular weight excluding hydrogens is 280 g/mol. The molecule has 0 spiro atoms. The van der Waals surface area contributed by atoms with Gasteiger partial charge in [-0.2, -0.15) is 0 Å². The zero-order valence-electron chi connectivity index (χ0n) is 14.3. The summed E-state index contributed by atoms with van der Waals surface area (Å²) in [6, 6.07) is 18.7. The molecule has 0 aromatic heterocycles. The summed E-state index contributed by atoms with van der Waals surface area (Å²) in [4.78, 5) is 2.57. The molecule has 2 atom stereocenters. The zero-order valence-corrected chi connectivity index (χ0v) is 14.3. The number of nitrogens with zero attached hydrogens (tertiary/aromatic N) is 1. The summed E-state index contributed by atoms with van der Waals surface area (Å²) >= 11 is 0. The third-order valence-electron chi connectivity index (χ3n) is 4.98. The summed E-state index contributed by atoms with van der Waals surface area (Å²) in [6.45, 7) is 4.00. The zero-order chi connectivity index (χ0) is 16.2. The fourth-order valence-electron chi connectivity index (χ4n) is 3.93. The number of anilines is 2. The SMILES string of the molecule is CC.NC1CCC(N2c3ccccc3CCc3ccccc32)C1. The highest BCUT2D eigenvalue weighted by Crippen LogP contribution is 2.40. The Kier molecular flexibility index (Phi) is 5.02. The first-order valence-corrected chi connectivity index (χ1v) is 9.03. The number of aryl methyl sites for hydroxylation is 2. The standard InChI is InChI=1S/C19H22N2.C2H6/c20-16-11-12-17(13-16)21-18-7-3-1-5-14(18)9-10-15-6-2-4-8-19(15)21;1-2/h1-8,16-17H,9-13,20H2;1-2H3. The lowest BCUT2D eigenvalue weighted by molar-refractivity contribution is 0.649. The number of rotatable bonds is 1. The summed E-state index contributed by atoms with van der Waals surface area (Å²) in [7, 11) is 0. The second-order valence-electron chi connectivity index (χ2n) is 6.35. The topological polar surface area (TPSA) is 29.3 Å². The highest BCUT2D eigenvalue weighted by Gasteiger charge is 2.31. The van der Waals surface area contributed by atoms with Gasteiger partial charge in [-0.3, -0.25) is 0 Å². The summed E-state index contributed by atoms with van der Waals surface area (Å²) in [6.07, 6.45) is 5.70. The highest BCUT2D eigenvalue weighted by molar-refractivity contribution is 5.72. The average molecular weight is 308 g/mol. The molecule has 4 rings (SSSR count). The molecule has 2 aliphatic rings. The van der Waals surface area contributed by atoms with Crippen molar-refractivity contribution < 1.29 is 0 Å². The van der Waals surface area contributed by atoms with Crippen LogP contribution in [0.5, 0.6) is 0 Å². The van der Waals surface area contributed by atoms with E-state index in [4.69, 9.17) is 5.73 Å². The van der Waals surface area contributed by atoms with Crippen LogP contribution in [0.25, 0.3) is 0 Å². The molecule has 1 heterocycles. The van der Waals surface area contributed by atoms with Crippen molar-refractivity contribution in [1.29, 1.82) is 0 Å². The van der Waals surface area contributed by atoms with Gasteiger partial charge in [0.2, 0.25) is 0 Å². The van der Waals surface area contributed by atoms with Crippen LogP contribution in [0.3, 0.4) is 0 Å². The van der Waals surface area contributed by atoms with Gasteiger partial charge in [-0.15, -0.1) is 0 Å². The number of fused-ring (bicyclic) bond motifs is 2. The number of hydrogen-bond acceptors (Lipinski definition) is 2. The third kappa shape index (κ3) is 3.13. The molecule has 1 aliphatic heterocycles. The third-order valence-corrected chi connectivity index (χ3v) is 4.98. The molecule has 2 nitrogen and oxygen atoms in total. The van der Waals surface area contributed by atoms with Crippen molar-refractivity contribution in [3.8, 4) is 0 Å². The molecule has 122 valence electrons. The van der Waals surface area contributed by atoms with Gasteiger partial charge >= 0.3 is 0 Å². The van der Waals surface area contributed by atoms with E-state index in [1.165, 1.54) is 28.9 Å². The number of benzene rings is 2. The van der Waals surface area contributed by atoms with Crippen LogP contribution < -0.4 is 10.6 Å². The minimum Gasteiger partial charge on any atom is -0.338 e.